The van der Waals surface area contributed by atoms with Crippen molar-refractivity contribution < 1.29 is 18.7 Å². The molecule has 192 valence electrons. The van der Waals surface area contributed by atoms with E-state index < -0.39 is 6.10 Å². The molecule has 3 aromatic rings. The van der Waals surface area contributed by atoms with E-state index in [0.29, 0.717) is 42.1 Å². The predicted molar refractivity (Wildman–Crippen MR) is 138 cm³/mol. The van der Waals surface area contributed by atoms with Crippen LogP contribution in [0.3, 0.4) is 0 Å². The Hall–Kier alpha value is -3.30. The molecule has 36 heavy (non-hydrogen) atoms. The van der Waals surface area contributed by atoms with Gasteiger partial charge in [0.2, 0.25) is 0 Å². The van der Waals surface area contributed by atoms with Crippen LogP contribution in [-0.2, 0) is 11.2 Å². The number of rotatable bonds is 9. The van der Waals surface area contributed by atoms with Gasteiger partial charge < -0.3 is 25.0 Å². The third-order valence-corrected chi connectivity index (χ3v) is 6.32. The smallest absolute Gasteiger partial charge is 0.253 e. The van der Waals surface area contributed by atoms with Crippen LogP contribution < -0.4 is 15.4 Å². The molecular weight excluding hydrogens is 461 g/mol. The Labute approximate surface area is 211 Å². The summed E-state index contributed by atoms with van der Waals surface area (Å²) in [6.07, 6.45) is 3.73. The number of aryl methyl sites for hydroxylation is 1. The number of hydrogen-bond donors (Lipinski definition) is 1. The number of anilines is 1. The third-order valence-electron chi connectivity index (χ3n) is 6.32. The van der Waals surface area contributed by atoms with Crippen LogP contribution in [0.5, 0.6) is 5.75 Å². The summed E-state index contributed by atoms with van der Waals surface area (Å²) in [6, 6.07) is 8.18. The van der Waals surface area contributed by atoms with E-state index in [1.165, 1.54) is 17.0 Å². The molecule has 0 bridgehead atoms. The first-order chi connectivity index (χ1) is 17.4. The molecule has 1 atom stereocenters. The molecule has 1 aliphatic rings. The number of carbonyl (C=O) groups excluding carboxylic acids is 1. The summed E-state index contributed by atoms with van der Waals surface area (Å²) in [5, 5.41) is 0. The lowest BCUT2D eigenvalue weighted by atomic mass is 10.0. The molecule has 0 aliphatic carbocycles. The number of unbranched alkanes of at least 4 members (excludes halogenated alkanes) is 1. The minimum Gasteiger partial charge on any atom is -0.486 e. The predicted octanol–water partition coefficient (Wildman–Crippen LogP) is 3.73. The number of amides is 1. The van der Waals surface area contributed by atoms with Gasteiger partial charge in [-0.2, -0.15) is 0 Å². The lowest BCUT2D eigenvalue weighted by Crippen LogP contribution is -2.36. The molecule has 1 amide bonds. The topological polar surface area (TPSA) is 93.8 Å². The van der Waals surface area contributed by atoms with E-state index >= 15 is 0 Å². The van der Waals surface area contributed by atoms with Crippen LogP contribution in [0.15, 0.2) is 36.5 Å². The van der Waals surface area contributed by atoms with Crippen molar-refractivity contribution in [1.82, 2.24) is 14.9 Å². The molecule has 2 N–H and O–H groups in total. The summed E-state index contributed by atoms with van der Waals surface area (Å²) in [6.45, 7) is 5.22. The minimum atomic E-state index is -0.508. The van der Waals surface area contributed by atoms with Crippen LogP contribution >= 0.6 is 0 Å². The molecule has 0 saturated carbocycles. The number of nitrogens with two attached hydrogens (primary N) is 1. The summed E-state index contributed by atoms with van der Waals surface area (Å²) in [4.78, 5) is 26.1. The maximum atomic E-state index is 14.2. The summed E-state index contributed by atoms with van der Waals surface area (Å²) in [5.41, 5.74) is 9.04. The highest BCUT2D eigenvalue weighted by atomic mass is 19.1. The summed E-state index contributed by atoms with van der Waals surface area (Å²) in [5.74, 6) is 0.724. The van der Waals surface area contributed by atoms with Crippen molar-refractivity contribution in [1.29, 1.82) is 0 Å². The molecule has 2 heterocycles. The molecule has 1 aromatic heterocycles. The van der Waals surface area contributed by atoms with Gasteiger partial charge in [-0.05, 0) is 56.5 Å². The highest BCUT2D eigenvalue weighted by molar-refractivity contribution is 5.98. The van der Waals surface area contributed by atoms with Crippen molar-refractivity contribution in [2.24, 2.45) is 5.73 Å². The SMILES string of the molecule is CC(Oc1cc(F)ccc1CCCCN)c1cc(C(=O)N(C)C)cc2ncc(N3CCOCC3)nc12. The second-order valence-electron chi connectivity index (χ2n) is 9.22. The lowest BCUT2D eigenvalue weighted by molar-refractivity contribution is 0.0827. The number of nitrogens with zero attached hydrogens (tertiary/aromatic N) is 4. The summed E-state index contributed by atoms with van der Waals surface area (Å²) < 4.78 is 26.0. The number of morpholine rings is 1. The molecule has 0 spiro atoms. The summed E-state index contributed by atoms with van der Waals surface area (Å²) >= 11 is 0. The largest absolute Gasteiger partial charge is 0.486 e. The van der Waals surface area contributed by atoms with Crippen LogP contribution in [0.25, 0.3) is 11.0 Å². The Bertz CT molecular complexity index is 1210. The molecule has 2 aromatic carbocycles. The molecule has 9 heteroatoms. The Balaban J connectivity index is 1.74. The molecule has 0 radical (unpaired) electrons. The van der Waals surface area contributed by atoms with Gasteiger partial charge in [0, 0.05) is 44.4 Å². The van der Waals surface area contributed by atoms with E-state index in [4.69, 9.17) is 20.2 Å². The Morgan fingerprint density at radius 3 is 2.72 bits per heavy atom. The molecule has 1 unspecified atom stereocenters. The van der Waals surface area contributed by atoms with Crippen molar-refractivity contribution in [2.45, 2.75) is 32.3 Å². The molecule has 8 nitrogen and oxygen atoms in total. The number of ether oxygens (including phenoxy) is 2. The van der Waals surface area contributed by atoms with Gasteiger partial charge in [0.25, 0.3) is 5.91 Å². The fraction of sp³-hybridized carbons (Fsp3) is 0.444. The Kier molecular flexibility index (Phi) is 8.32. The standard InChI is InChI=1S/C27H34FN5O3/c1-18(36-24-16-21(28)8-7-19(24)6-4-5-9-29)22-14-20(27(34)32(2)3)15-23-26(22)31-25(17-30-23)33-10-12-35-13-11-33/h7-8,14-18H,4-6,9-13,29H2,1-3H3. The van der Waals surface area contributed by atoms with Crippen LogP contribution in [0.4, 0.5) is 10.2 Å². The van der Waals surface area contributed by atoms with Crippen molar-refractivity contribution in [3.63, 3.8) is 0 Å². The van der Waals surface area contributed by atoms with Crippen LogP contribution in [0.1, 0.15) is 47.4 Å². The fourth-order valence-electron chi connectivity index (χ4n) is 4.33. The van der Waals surface area contributed by atoms with E-state index in [-0.39, 0.29) is 11.7 Å². The van der Waals surface area contributed by atoms with E-state index in [1.807, 2.05) is 6.92 Å². The summed E-state index contributed by atoms with van der Waals surface area (Å²) in [7, 11) is 3.42. The van der Waals surface area contributed by atoms with Crippen molar-refractivity contribution in [3.05, 3.63) is 59.0 Å². The average Bonchev–Trinajstić information content (AvgIpc) is 2.89. The Morgan fingerprint density at radius 2 is 2.00 bits per heavy atom. The second-order valence-corrected chi connectivity index (χ2v) is 9.22. The van der Waals surface area contributed by atoms with Crippen LogP contribution in [-0.4, -0.2) is 67.7 Å². The zero-order valence-corrected chi connectivity index (χ0v) is 21.2. The second kappa shape index (κ2) is 11.6. The zero-order valence-electron chi connectivity index (χ0n) is 21.2. The normalized spacial score (nSPS) is 14.6. The van der Waals surface area contributed by atoms with Gasteiger partial charge in [-0.1, -0.05) is 6.07 Å². The number of halogens is 1. The number of fused-ring (bicyclic) bond motifs is 1. The number of hydrogen-bond acceptors (Lipinski definition) is 7. The highest BCUT2D eigenvalue weighted by Crippen LogP contribution is 2.32. The number of carbonyl (C=O) groups is 1. The molecule has 1 fully saturated rings. The lowest BCUT2D eigenvalue weighted by Gasteiger charge is -2.28. The fourth-order valence-corrected chi connectivity index (χ4v) is 4.33. The molecule has 1 aliphatic heterocycles. The number of benzene rings is 2. The zero-order chi connectivity index (χ0) is 25.7. The van der Waals surface area contributed by atoms with Crippen LogP contribution in [0.2, 0.25) is 0 Å². The maximum Gasteiger partial charge on any atom is 0.253 e. The first kappa shape index (κ1) is 25.8. The monoisotopic (exact) mass is 495 g/mol. The number of aromatic nitrogens is 2. The van der Waals surface area contributed by atoms with Gasteiger partial charge in [0.05, 0.1) is 30.4 Å². The first-order valence-corrected chi connectivity index (χ1v) is 12.4. The third kappa shape index (κ3) is 5.91. The van der Waals surface area contributed by atoms with Gasteiger partial charge in [0.15, 0.2) is 0 Å². The quantitative estimate of drug-likeness (QED) is 0.452. The average molecular weight is 496 g/mol. The highest BCUT2D eigenvalue weighted by Gasteiger charge is 2.21. The van der Waals surface area contributed by atoms with E-state index in [9.17, 15) is 9.18 Å². The van der Waals surface area contributed by atoms with Crippen molar-refractivity contribution >= 4 is 22.8 Å². The first-order valence-electron chi connectivity index (χ1n) is 12.4. The Morgan fingerprint density at radius 1 is 1.22 bits per heavy atom. The van der Waals surface area contributed by atoms with Gasteiger partial charge in [-0.25, -0.2) is 9.37 Å². The molecule has 4 rings (SSSR count). The molecular formula is C27H34FN5O3. The van der Waals surface area contributed by atoms with Crippen molar-refractivity contribution in [2.75, 3.05) is 51.8 Å². The maximum absolute atomic E-state index is 14.2. The van der Waals surface area contributed by atoms with Crippen molar-refractivity contribution in [3.8, 4) is 5.75 Å². The van der Waals surface area contributed by atoms with Gasteiger partial charge >= 0.3 is 0 Å². The van der Waals surface area contributed by atoms with E-state index in [2.05, 4.69) is 9.88 Å². The van der Waals surface area contributed by atoms with Crippen LogP contribution in [0, 0.1) is 5.82 Å². The van der Waals surface area contributed by atoms with Gasteiger partial charge in [-0.15, -0.1) is 0 Å². The minimum absolute atomic E-state index is 0.141. The van der Waals surface area contributed by atoms with E-state index in [0.717, 1.165) is 49.3 Å². The van der Waals surface area contributed by atoms with E-state index in [1.54, 1.807) is 38.5 Å². The molecule has 1 saturated heterocycles. The van der Waals surface area contributed by atoms with Gasteiger partial charge in [0.1, 0.15) is 23.5 Å². The van der Waals surface area contributed by atoms with Gasteiger partial charge in [-0.3, -0.25) is 9.78 Å².